The summed E-state index contributed by atoms with van der Waals surface area (Å²) >= 11 is 0. The molecule has 0 bridgehead atoms. The van der Waals surface area contributed by atoms with Gasteiger partial charge in [0, 0.05) is 12.7 Å². The van der Waals surface area contributed by atoms with E-state index in [1.165, 1.54) is 6.33 Å². The van der Waals surface area contributed by atoms with Crippen molar-refractivity contribution in [2.75, 3.05) is 6.54 Å². The molecular formula is C8H9N5O2. The minimum Gasteiger partial charge on any atom is -0.382 e. The van der Waals surface area contributed by atoms with E-state index in [2.05, 4.69) is 20.1 Å². The maximum atomic E-state index is 9.34. The van der Waals surface area contributed by atoms with E-state index in [9.17, 15) is 5.11 Å². The average molecular weight is 207 g/mol. The summed E-state index contributed by atoms with van der Waals surface area (Å²) in [5, 5.41) is 13.0. The van der Waals surface area contributed by atoms with Gasteiger partial charge in [-0.15, -0.1) is 0 Å². The largest absolute Gasteiger partial charge is 0.382 e. The third-order valence-corrected chi connectivity index (χ3v) is 1.76. The Balaban J connectivity index is 2.28. The fraction of sp³-hybridized carbons (Fsp3) is 0.250. The van der Waals surface area contributed by atoms with E-state index in [4.69, 9.17) is 10.3 Å². The number of nitrogens with zero attached hydrogens (tertiary/aromatic N) is 4. The van der Waals surface area contributed by atoms with Crippen LogP contribution in [0.1, 0.15) is 12.0 Å². The first-order valence-corrected chi connectivity index (χ1v) is 4.29. The van der Waals surface area contributed by atoms with Crippen molar-refractivity contribution >= 4 is 0 Å². The summed E-state index contributed by atoms with van der Waals surface area (Å²) in [5.74, 6) is 0.394. The predicted molar refractivity (Wildman–Crippen MR) is 49.3 cm³/mol. The SMILES string of the molecule is NC[C@H](O)c1nc(-c2ccncn2)no1. The highest BCUT2D eigenvalue weighted by Crippen LogP contribution is 2.14. The highest BCUT2D eigenvalue weighted by Gasteiger charge is 2.15. The number of rotatable bonds is 3. The molecule has 0 spiro atoms. The molecule has 78 valence electrons. The lowest BCUT2D eigenvalue weighted by atomic mass is 10.3. The summed E-state index contributed by atoms with van der Waals surface area (Å²) in [6.45, 7) is 0.0331. The third kappa shape index (κ3) is 1.97. The van der Waals surface area contributed by atoms with Gasteiger partial charge in [0.05, 0.1) is 0 Å². The molecule has 0 aromatic carbocycles. The molecule has 2 rings (SSSR count). The van der Waals surface area contributed by atoms with E-state index in [1.54, 1.807) is 12.3 Å². The van der Waals surface area contributed by atoms with Gasteiger partial charge in [-0.1, -0.05) is 5.16 Å². The minimum absolute atomic E-state index is 0.0331. The van der Waals surface area contributed by atoms with Crippen LogP contribution < -0.4 is 5.73 Å². The van der Waals surface area contributed by atoms with Gasteiger partial charge in [0.15, 0.2) is 0 Å². The van der Waals surface area contributed by atoms with Gasteiger partial charge >= 0.3 is 0 Å². The molecule has 0 saturated heterocycles. The van der Waals surface area contributed by atoms with Crippen molar-refractivity contribution in [3.05, 3.63) is 24.5 Å². The molecule has 0 unspecified atom stereocenters. The summed E-state index contributed by atoms with van der Waals surface area (Å²) in [7, 11) is 0. The Bertz CT molecular complexity index is 430. The Morgan fingerprint density at radius 1 is 1.53 bits per heavy atom. The Hall–Kier alpha value is -1.86. The third-order valence-electron chi connectivity index (χ3n) is 1.76. The van der Waals surface area contributed by atoms with Crippen molar-refractivity contribution < 1.29 is 9.63 Å². The van der Waals surface area contributed by atoms with Gasteiger partial charge in [-0.3, -0.25) is 0 Å². The van der Waals surface area contributed by atoms with Crippen LogP contribution in [0.25, 0.3) is 11.5 Å². The lowest BCUT2D eigenvalue weighted by Gasteiger charge is -1.97. The molecule has 2 aromatic heterocycles. The molecule has 0 aliphatic carbocycles. The Morgan fingerprint density at radius 2 is 2.40 bits per heavy atom. The van der Waals surface area contributed by atoms with Crippen molar-refractivity contribution in [1.82, 2.24) is 20.1 Å². The van der Waals surface area contributed by atoms with Gasteiger partial charge in [-0.2, -0.15) is 4.98 Å². The second kappa shape index (κ2) is 4.11. The fourth-order valence-electron chi connectivity index (χ4n) is 0.998. The van der Waals surface area contributed by atoms with E-state index >= 15 is 0 Å². The van der Waals surface area contributed by atoms with Crippen molar-refractivity contribution in [2.45, 2.75) is 6.10 Å². The van der Waals surface area contributed by atoms with Crippen LogP contribution in [0.15, 0.2) is 23.1 Å². The zero-order valence-electron chi connectivity index (χ0n) is 7.74. The maximum absolute atomic E-state index is 9.34. The molecular weight excluding hydrogens is 198 g/mol. The molecule has 1 atom stereocenters. The number of hydrogen-bond donors (Lipinski definition) is 2. The van der Waals surface area contributed by atoms with E-state index in [0.717, 1.165) is 0 Å². The summed E-state index contributed by atoms with van der Waals surface area (Å²) in [4.78, 5) is 11.7. The van der Waals surface area contributed by atoms with Crippen LogP contribution in [-0.2, 0) is 0 Å². The van der Waals surface area contributed by atoms with Crippen molar-refractivity contribution in [2.24, 2.45) is 5.73 Å². The van der Waals surface area contributed by atoms with Crippen molar-refractivity contribution in [3.63, 3.8) is 0 Å². The Labute approximate surface area is 85.0 Å². The molecule has 7 nitrogen and oxygen atoms in total. The first-order chi connectivity index (χ1) is 7.31. The first kappa shape index (κ1) is 9.69. The molecule has 0 amide bonds. The van der Waals surface area contributed by atoms with Crippen LogP contribution in [-0.4, -0.2) is 31.8 Å². The van der Waals surface area contributed by atoms with Crippen molar-refractivity contribution in [1.29, 1.82) is 0 Å². The quantitative estimate of drug-likeness (QED) is 0.699. The van der Waals surface area contributed by atoms with Crippen LogP contribution in [0, 0.1) is 0 Å². The topological polar surface area (TPSA) is 111 Å². The highest BCUT2D eigenvalue weighted by atomic mass is 16.5. The Morgan fingerprint density at radius 3 is 3.07 bits per heavy atom. The summed E-state index contributed by atoms with van der Waals surface area (Å²) < 4.78 is 4.82. The lowest BCUT2D eigenvalue weighted by molar-refractivity contribution is 0.141. The van der Waals surface area contributed by atoms with E-state index in [-0.39, 0.29) is 12.4 Å². The van der Waals surface area contributed by atoms with E-state index in [1.807, 2.05) is 0 Å². The van der Waals surface area contributed by atoms with Crippen LogP contribution in [0.2, 0.25) is 0 Å². The van der Waals surface area contributed by atoms with Gasteiger partial charge in [-0.05, 0) is 6.07 Å². The zero-order chi connectivity index (χ0) is 10.7. The summed E-state index contributed by atoms with van der Waals surface area (Å²) in [5.41, 5.74) is 5.78. The van der Waals surface area contributed by atoms with Gasteiger partial charge < -0.3 is 15.4 Å². The maximum Gasteiger partial charge on any atom is 0.257 e. The summed E-state index contributed by atoms with van der Waals surface area (Å²) in [6, 6.07) is 1.64. The molecule has 0 fully saturated rings. The number of nitrogens with two attached hydrogens (primary N) is 1. The fourth-order valence-corrected chi connectivity index (χ4v) is 0.998. The van der Waals surface area contributed by atoms with E-state index < -0.39 is 6.10 Å². The second-order valence-electron chi connectivity index (χ2n) is 2.80. The number of aromatic nitrogens is 4. The summed E-state index contributed by atoms with van der Waals surface area (Å²) in [6.07, 6.45) is 2.01. The van der Waals surface area contributed by atoms with Crippen LogP contribution >= 0.6 is 0 Å². The van der Waals surface area contributed by atoms with Crippen LogP contribution in [0.5, 0.6) is 0 Å². The highest BCUT2D eigenvalue weighted by molar-refractivity contribution is 5.46. The number of hydrogen-bond acceptors (Lipinski definition) is 7. The molecule has 0 radical (unpaired) electrons. The zero-order valence-corrected chi connectivity index (χ0v) is 7.74. The monoisotopic (exact) mass is 207 g/mol. The molecule has 0 aliphatic heterocycles. The molecule has 3 N–H and O–H groups in total. The normalized spacial score (nSPS) is 12.7. The molecule has 7 heteroatoms. The van der Waals surface area contributed by atoms with E-state index in [0.29, 0.717) is 11.5 Å². The predicted octanol–water partition coefficient (Wildman–Crippen LogP) is -0.481. The van der Waals surface area contributed by atoms with Gasteiger partial charge in [-0.25, -0.2) is 9.97 Å². The van der Waals surface area contributed by atoms with Gasteiger partial charge in [0.1, 0.15) is 18.1 Å². The molecule has 2 aromatic rings. The molecule has 0 aliphatic rings. The van der Waals surface area contributed by atoms with Gasteiger partial charge in [0.25, 0.3) is 5.89 Å². The molecule has 0 saturated carbocycles. The smallest absolute Gasteiger partial charge is 0.257 e. The second-order valence-corrected chi connectivity index (χ2v) is 2.80. The Kier molecular flexibility index (Phi) is 2.66. The standard InChI is InChI=1S/C8H9N5O2/c9-3-6(14)8-12-7(13-15-8)5-1-2-10-4-11-5/h1-2,4,6,14H,3,9H2/t6-/m0/s1. The first-order valence-electron chi connectivity index (χ1n) is 4.29. The number of aliphatic hydroxyl groups excluding tert-OH is 1. The van der Waals surface area contributed by atoms with Crippen LogP contribution in [0.3, 0.4) is 0 Å². The molecule has 2 heterocycles. The average Bonchev–Trinajstić information content (AvgIpc) is 2.78. The number of aliphatic hydroxyl groups is 1. The molecule has 15 heavy (non-hydrogen) atoms. The lowest BCUT2D eigenvalue weighted by Crippen LogP contribution is -2.11. The van der Waals surface area contributed by atoms with Crippen molar-refractivity contribution in [3.8, 4) is 11.5 Å². The van der Waals surface area contributed by atoms with Crippen LogP contribution in [0.4, 0.5) is 0 Å². The minimum atomic E-state index is -0.937. The van der Waals surface area contributed by atoms with Gasteiger partial charge in [0.2, 0.25) is 5.82 Å².